The Morgan fingerprint density at radius 2 is 2.30 bits per heavy atom. The lowest BCUT2D eigenvalue weighted by atomic mass is 10.1. The molecule has 6 nitrogen and oxygen atoms in total. The van der Waals surface area contributed by atoms with Crippen LogP contribution in [0.4, 0.5) is 10.6 Å². The number of carbonyl (C=O) groups excluding carboxylic acids is 1. The average molecular weight is 280 g/mol. The third-order valence-corrected chi connectivity index (χ3v) is 3.65. The molecule has 0 radical (unpaired) electrons. The summed E-state index contributed by atoms with van der Waals surface area (Å²) in [6.07, 6.45) is 3.90. The second-order valence-electron chi connectivity index (χ2n) is 5.76. The molecule has 1 aromatic rings. The van der Waals surface area contributed by atoms with E-state index < -0.39 is 0 Å². The van der Waals surface area contributed by atoms with E-state index in [9.17, 15) is 9.90 Å². The lowest BCUT2D eigenvalue weighted by Crippen LogP contribution is -2.40. The van der Waals surface area contributed by atoms with Crippen LogP contribution in [0.1, 0.15) is 46.1 Å². The summed E-state index contributed by atoms with van der Waals surface area (Å²) in [6.45, 7) is 6.56. The number of amides is 2. The number of nitrogens with zero attached hydrogens (tertiary/aromatic N) is 3. The molecule has 0 saturated carbocycles. The van der Waals surface area contributed by atoms with E-state index in [1.165, 1.54) is 0 Å². The standard InChI is InChI=1S/C14H24N4O2/c1-10(2)18-13(6-7-15-18)16-14(20)17-8-4-5-12(17)9-11(3)19/h6-7,10-12,19H,4-5,8-9H2,1-3H3,(H,16,20). The molecular weight excluding hydrogens is 256 g/mol. The molecule has 2 unspecified atom stereocenters. The van der Waals surface area contributed by atoms with Crippen LogP contribution in [0.3, 0.4) is 0 Å². The van der Waals surface area contributed by atoms with Gasteiger partial charge in [-0.25, -0.2) is 9.48 Å². The predicted molar refractivity (Wildman–Crippen MR) is 77.7 cm³/mol. The Morgan fingerprint density at radius 3 is 2.95 bits per heavy atom. The highest BCUT2D eigenvalue weighted by atomic mass is 16.3. The number of hydrogen-bond donors (Lipinski definition) is 2. The van der Waals surface area contributed by atoms with Crippen molar-refractivity contribution in [2.45, 2.75) is 58.2 Å². The fourth-order valence-electron chi connectivity index (χ4n) is 2.75. The quantitative estimate of drug-likeness (QED) is 0.888. The maximum atomic E-state index is 12.4. The first-order chi connectivity index (χ1) is 9.49. The number of rotatable bonds is 4. The predicted octanol–water partition coefficient (Wildman–Crippen LogP) is 2.23. The van der Waals surface area contributed by atoms with Crippen molar-refractivity contribution in [2.75, 3.05) is 11.9 Å². The summed E-state index contributed by atoms with van der Waals surface area (Å²) < 4.78 is 1.79. The van der Waals surface area contributed by atoms with Crippen molar-refractivity contribution in [3.63, 3.8) is 0 Å². The number of hydrogen-bond acceptors (Lipinski definition) is 3. The summed E-state index contributed by atoms with van der Waals surface area (Å²) in [7, 11) is 0. The van der Waals surface area contributed by atoms with Gasteiger partial charge in [0.1, 0.15) is 5.82 Å². The molecule has 0 aromatic carbocycles. The summed E-state index contributed by atoms with van der Waals surface area (Å²) in [6, 6.07) is 2.03. The molecule has 2 heterocycles. The highest BCUT2D eigenvalue weighted by Gasteiger charge is 2.30. The molecule has 1 aromatic heterocycles. The highest BCUT2D eigenvalue weighted by molar-refractivity contribution is 5.88. The van der Waals surface area contributed by atoms with E-state index >= 15 is 0 Å². The molecule has 20 heavy (non-hydrogen) atoms. The van der Waals surface area contributed by atoms with Crippen molar-refractivity contribution in [3.8, 4) is 0 Å². The SMILES string of the molecule is CC(O)CC1CCCN1C(=O)Nc1ccnn1C(C)C. The number of likely N-dealkylation sites (tertiary alicyclic amines) is 1. The first-order valence-electron chi connectivity index (χ1n) is 7.28. The largest absolute Gasteiger partial charge is 0.393 e. The zero-order chi connectivity index (χ0) is 14.7. The van der Waals surface area contributed by atoms with E-state index in [-0.39, 0.29) is 24.2 Å². The molecule has 1 aliphatic rings. The van der Waals surface area contributed by atoms with Crippen LogP contribution in [0, 0.1) is 0 Å². The third kappa shape index (κ3) is 3.30. The van der Waals surface area contributed by atoms with Crippen molar-refractivity contribution in [3.05, 3.63) is 12.3 Å². The minimum Gasteiger partial charge on any atom is -0.393 e. The van der Waals surface area contributed by atoms with Gasteiger partial charge in [-0.3, -0.25) is 5.32 Å². The first kappa shape index (κ1) is 14.8. The van der Waals surface area contributed by atoms with Gasteiger partial charge in [0.15, 0.2) is 0 Å². The van der Waals surface area contributed by atoms with Crippen LogP contribution in [0.25, 0.3) is 0 Å². The monoisotopic (exact) mass is 280 g/mol. The lowest BCUT2D eigenvalue weighted by molar-refractivity contribution is 0.142. The van der Waals surface area contributed by atoms with Gasteiger partial charge in [0.25, 0.3) is 0 Å². The molecule has 1 fully saturated rings. The van der Waals surface area contributed by atoms with Crippen LogP contribution in [0.5, 0.6) is 0 Å². The van der Waals surface area contributed by atoms with Crippen LogP contribution < -0.4 is 5.32 Å². The fourth-order valence-corrected chi connectivity index (χ4v) is 2.75. The van der Waals surface area contributed by atoms with E-state index in [4.69, 9.17) is 0 Å². The van der Waals surface area contributed by atoms with Gasteiger partial charge >= 0.3 is 6.03 Å². The Kier molecular flexibility index (Phi) is 4.65. The summed E-state index contributed by atoms with van der Waals surface area (Å²) >= 11 is 0. The zero-order valence-corrected chi connectivity index (χ0v) is 12.4. The van der Waals surface area contributed by atoms with E-state index in [0.717, 1.165) is 19.4 Å². The summed E-state index contributed by atoms with van der Waals surface area (Å²) in [5.74, 6) is 0.715. The van der Waals surface area contributed by atoms with Gasteiger partial charge in [-0.2, -0.15) is 5.10 Å². The van der Waals surface area contributed by atoms with Gasteiger partial charge < -0.3 is 10.0 Å². The normalized spacial score (nSPS) is 20.4. The molecule has 2 rings (SSSR count). The first-order valence-corrected chi connectivity index (χ1v) is 7.28. The van der Waals surface area contributed by atoms with Gasteiger partial charge in [0.2, 0.25) is 0 Å². The Labute approximate surface area is 119 Å². The van der Waals surface area contributed by atoms with Crippen LogP contribution in [0.15, 0.2) is 12.3 Å². The topological polar surface area (TPSA) is 70.4 Å². The molecular formula is C14H24N4O2. The Bertz CT molecular complexity index is 456. The van der Waals surface area contributed by atoms with E-state index in [1.54, 1.807) is 23.9 Å². The van der Waals surface area contributed by atoms with E-state index in [2.05, 4.69) is 10.4 Å². The molecule has 1 aliphatic heterocycles. The molecule has 2 N–H and O–H groups in total. The van der Waals surface area contributed by atoms with Gasteiger partial charge in [-0.05, 0) is 40.0 Å². The molecule has 1 saturated heterocycles. The van der Waals surface area contributed by atoms with Gasteiger partial charge in [0.05, 0.1) is 12.3 Å². The number of urea groups is 1. The molecule has 0 spiro atoms. The second-order valence-corrected chi connectivity index (χ2v) is 5.76. The third-order valence-electron chi connectivity index (χ3n) is 3.65. The van der Waals surface area contributed by atoms with Gasteiger partial charge in [-0.1, -0.05) is 0 Å². The lowest BCUT2D eigenvalue weighted by Gasteiger charge is -2.26. The Morgan fingerprint density at radius 1 is 1.55 bits per heavy atom. The fraction of sp³-hybridized carbons (Fsp3) is 0.714. The van der Waals surface area contributed by atoms with Crippen LogP contribution in [0.2, 0.25) is 0 Å². The zero-order valence-electron chi connectivity index (χ0n) is 12.4. The molecule has 2 amide bonds. The molecule has 6 heteroatoms. The van der Waals surface area contributed by atoms with Crippen molar-refractivity contribution in [1.82, 2.24) is 14.7 Å². The van der Waals surface area contributed by atoms with Crippen molar-refractivity contribution < 1.29 is 9.90 Å². The van der Waals surface area contributed by atoms with Crippen LogP contribution >= 0.6 is 0 Å². The molecule has 0 aliphatic carbocycles. The minimum atomic E-state index is -0.380. The highest BCUT2D eigenvalue weighted by Crippen LogP contribution is 2.23. The van der Waals surface area contributed by atoms with E-state index in [1.807, 2.05) is 18.7 Å². The van der Waals surface area contributed by atoms with Crippen molar-refractivity contribution >= 4 is 11.8 Å². The second kappa shape index (κ2) is 6.26. The van der Waals surface area contributed by atoms with E-state index in [0.29, 0.717) is 12.2 Å². The Hall–Kier alpha value is -1.56. The number of aliphatic hydroxyl groups excluding tert-OH is 1. The number of aliphatic hydroxyl groups is 1. The average Bonchev–Trinajstić information content (AvgIpc) is 2.96. The molecule has 0 bridgehead atoms. The van der Waals surface area contributed by atoms with Crippen LogP contribution in [-0.4, -0.2) is 44.5 Å². The Balaban J connectivity index is 2.02. The van der Waals surface area contributed by atoms with Crippen LogP contribution in [-0.2, 0) is 0 Å². The maximum absolute atomic E-state index is 12.4. The number of anilines is 1. The molecule has 2 atom stereocenters. The smallest absolute Gasteiger partial charge is 0.323 e. The summed E-state index contributed by atoms with van der Waals surface area (Å²) in [5.41, 5.74) is 0. The number of carbonyl (C=O) groups is 1. The molecule has 112 valence electrons. The number of aromatic nitrogens is 2. The minimum absolute atomic E-state index is 0.101. The maximum Gasteiger partial charge on any atom is 0.323 e. The summed E-state index contributed by atoms with van der Waals surface area (Å²) in [5, 5.41) is 16.6. The van der Waals surface area contributed by atoms with Crippen molar-refractivity contribution in [2.24, 2.45) is 0 Å². The van der Waals surface area contributed by atoms with Crippen molar-refractivity contribution in [1.29, 1.82) is 0 Å². The van der Waals surface area contributed by atoms with Gasteiger partial charge in [0, 0.05) is 24.7 Å². The number of nitrogens with one attached hydrogen (secondary N) is 1. The van der Waals surface area contributed by atoms with Gasteiger partial charge in [-0.15, -0.1) is 0 Å². The summed E-state index contributed by atoms with van der Waals surface area (Å²) in [4.78, 5) is 14.2.